The average molecular weight is 247 g/mol. The van der Waals surface area contributed by atoms with E-state index in [0.717, 1.165) is 11.5 Å². The third kappa shape index (κ3) is 2.34. The molecule has 2 aromatic rings. The van der Waals surface area contributed by atoms with Crippen LogP contribution in [-0.4, -0.2) is 9.78 Å². The second-order valence-electron chi connectivity index (χ2n) is 4.83. The van der Waals surface area contributed by atoms with Crippen LogP contribution in [0.2, 0.25) is 0 Å². The molecule has 0 aliphatic rings. The molecule has 0 fully saturated rings. The van der Waals surface area contributed by atoms with Crippen LogP contribution in [0.15, 0.2) is 22.8 Å². The standard InChI is InChI=1S/C14H21N3O/c1-9(13-7-6-8-18-13)15-10(2)14-11(3)16-17(5)12(14)4/h6-10,15H,1-5H3/t9-,10?/m0/s1. The Morgan fingerprint density at radius 1 is 1.28 bits per heavy atom. The summed E-state index contributed by atoms with van der Waals surface area (Å²) in [4.78, 5) is 0. The molecule has 2 atom stereocenters. The summed E-state index contributed by atoms with van der Waals surface area (Å²) in [6.07, 6.45) is 1.71. The van der Waals surface area contributed by atoms with Crippen LogP contribution in [-0.2, 0) is 7.05 Å². The fourth-order valence-corrected chi connectivity index (χ4v) is 2.49. The first-order valence-electron chi connectivity index (χ1n) is 6.30. The number of aromatic nitrogens is 2. The van der Waals surface area contributed by atoms with Gasteiger partial charge in [-0.1, -0.05) is 0 Å². The average Bonchev–Trinajstić information content (AvgIpc) is 2.88. The van der Waals surface area contributed by atoms with Crippen molar-refractivity contribution >= 4 is 0 Å². The van der Waals surface area contributed by atoms with Gasteiger partial charge in [0.25, 0.3) is 0 Å². The minimum atomic E-state index is 0.189. The maximum atomic E-state index is 5.41. The molecular weight excluding hydrogens is 226 g/mol. The van der Waals surface area contributed by atoms with Crippen LogP contribution in [0.3, 0.4) is 0 Å². The fraction of sp³-hybridized carbons (Fsp3) is 0.500. The molecule has 0 saturated heterocycles. The first kappa shape index (κ1) is 12.9. The van der Waals surface area contributed by atoms with Crippen molar-refractivity contribution in [1.82, 2.24) is 15.1 Å². The van der Waals surface area contributed by atoms with Crippen LogP contribution in [0.25, 0.3) is 0 Å². The van der Waals surface area contributed by atoms with E-state index in [1.807, 2.05) is 23.9 Å². The SMILES string of the molecule is Cc1nn(C)c(C)c1C(C)N[C@@H](C)c1ccco1. The molecule has 0 aromatic carbocycles. The Hall–Kier alpha value is -1.55. The van der Waals surface area contributed by atoms with E-state index >= 15 is 0 Å². The van der Waals surface area contributed by atoms with Crippen molar-refractivity contribution in [3.8, 4) is 0 Å². The van der Waals surface area contributed by atoms with Crippen LogP contribution in [0, 0.1) is 13.8 Å². The molecule has 4 heteroatoms. The number of aryl methyl sites for hydroxylation is 2. The molecule has 4 nitrogen and oxygen atoms in total. The van der Waals surface area contributed by atoms with Gasteiger partial charge in [-0.2, -0.15) is 5.10 Å². The fourth-order valence-electron chi connectivity index (χ4n) is 2.49. The predicted octanol–water partition coefficient (Wildman–Crippen LogP) is 3.04. The van der Waals surface area contributed by atoms with E-state index in [1.54, 1.807) is 6.26 Å². The highest BCUT2D eigenvalue weighted by Gasteiger charge is 2.19. The van der Waals surface area contributed by atoms with E-state index in [2.05, 4.69) is 38.1 Å². The Labute approximate surface area is 108 Å². The summed E-state index contributed by atoms with van der Waals surface area (Å²) in [6, 6.07) is 4.35. The first-order valence-corrected chi connectivity index (χ1v) is 6.30. The third-order valence-electron chi connectivity index (χ3n) is 3.47. The van der Waals surface area contributed by atoms with Crippen molar-refractivity contribution < 1.29 is 4.42 Å². The van der Waals surface area contributed by atoms with Gasteiger partial charge in [-0.05, 0) is 39.8 Å². The predicted molar refractivity (Wildman–Crippen MR) is 71.4 cm³/mol. The summed E-state index contributed by atoms with van der Waals surface area (Å²) < 4.78 is 7.35. The van der Waals surface area contributed by atoms with Gasteiger partial charge >= 0.3 is 0 Å². The Balaban J connectivity index is 2.15. The minimum absolute atomic E-state index is 0.189. The lowest BCUT2D eigenvalue weighted by atomic mass is 10.1. The van der Waals surface area contributed by atoms with Gasteiger partial charge in [0.05, 0.1) is 18.0 Å². The van der Waals surface area contributed by atoms with Crippen LogP contribution in [0.4, 0.5) is 0 Å². The van der Waals surface area contributed by atoms with Crippen LogP contribution in [0.5, 0.6) is 0 Å². The third-order valence-corrected chi connectivity index (χ3v) is 3.47. The Bertz CT molecular complexity index is 513. The van der Waals surface area contributed by atoms with E-state index in [0.29, 0.717) is 0 Å². The molecule has 98 valence electrons. The molecule has 18 heavy (non-hydrogen) atoms. The minimum Gasteiger partial charge on any atom is -0.468 e. The Kier molecular flexibility index (Phi) is 3.57. The van der Waals surface area contributed by atoms with Gasteiger partial charge < -0.3 is 9.73 Å². The van der Waals surface area contributed by atoms with Crippen molar-refractivity contribution in [3.63, 3.8) is 0 Å². The van der Waals surface area contributed by atoms with Gasteiger partial charge in [0, 0.05) is 24.3 Å². The topological polar surface area (TPSA) is 43.0 Å². The largest absolute Gasteiger partial charge is 0.468 e. The molecule has 0 spiro atoms. The normalized spacial score (nSPS) is 14.7. The molecule has 2 aromatic heterocycles. The molecular formula is C14H21N3O. The summed E-state index contributed by atoms with van der Waals surface area (Å²) in [7, 11) is 1.98. The molecule has 0 aliphatic heterocycles. The van der Waals surface area contributed by atoms with Gasteiger partial charge in [0.15, 0.2) is 0 Å². The molecule has 0 aliphatic carbocycles. The van der Waals surface area contributed by atoms with Gasteiger partial charge in [0.2, 0.25) is 0 Å². The van der Waals surface area contributed by atoms with Crippen molar-refractivity contribution in [2.45, 2.75) is 39.8 Å². The zero-order valence-corrected chi connectivity index (χ0v) is 11.7. The van der Waals surface area contributed by atoms with E-state index in [4.69, 9.17) is 4.42 Å². The molecule has 0 bridgehead atoms. The summed E-state index contributed by atoms with van der Waals surface area (Å²) >= 11 is 0. The first-order chi connectivity index (χ1) is 8.50. The molecule has 0 amide bonds. The lowest BCUT2D eigenvalue weighted by Gasteiger charge is -2.19. The van der Waals surface area contributed by atoms with Crippen LogP contribution < -0.4 is 5.32 Å². The van der Waals surface area contributed by atoms with E-state index in [1.165, 1.54) is 11.3 Å². The molecule has 0 saturated carbocycles. The monoisotopic (exact) mass is 247 g/mol. The summed E-state index contributed by atoms with van der Waals surface area (Å²) in [5.74, 6) is 0.959. The number of hydrogen-bond donors (Lipinski definition) is 1. The number of nitrogens with zero attached hydrogens (tertiary/aromatic N) is 2. The highest BCUT2D eigenvalue weighted by molar-refractivity contribution is 5.27. The van der Waals surface area contributed by atoms with Crippen molar-refractivity contribution in [3.05, 3.63) is 41.1 Å². The van der Waals surface area contributed by atoms with Gasteiger partial charge in [-0.25, -0.2) is 0 Å². The van der Waals surface area contributed by atoms with Gasteiger partial charge in [-0.15, -0.1) is 0 Å². The van der Waals surface area contributed by atoms with E-state index < -0.39 is 0 Å². The van der Waals surface area contributed by atoms with Crippen LogP contribution >= 0.6 is 0 Å². The maximum Gasteiger partial charge on any atom is 0.120 e. The molecule has 0 radical (unpaired) electrons. The number of hydrogen-bond acceptors (Lipinski definition) is 3. The number of furan rings is 1. The quantitative estimate of drug-likeness (QED) is 0.903. The summed E-state index contributed by atoms with van der Waals surface area (Å²) in [5.41, 5.74) is 3.57. The molecule has 2 heterocycles. The van der Waals surface area contributed by atoms with E-state index in [9.17, 15) is 0 Å². The number of nitrogens with one attached hydrogen (secondary N) is 1. The van der Waals surface area contributed by atoms with E-state index in [-0.39, 0.29) is 12.1 Å². The van der Waals surface area contributed by atoms with Gasteiger partial charge in [-0.3, -0.25) is 4.68 Å². The Morgan fingerprint density at radius 3 is 2.50 bits per heavy atom. The van der Waals surface area contributed by atoms with Crippen molar-refractivity contribution in [2.24, 2.45) is 7.05 Å². The number of rotatable bonds is 4. The Morgan fingerprint density at radius 2 is 2.00 bits per heavy atom. The second kappa shape index (κ2) is 4.98. The molecule has 1 N–H and O–H groups in total. The zero-order valence-electron chi connectivity index (χ0n) is 11.7. The van der Waals surface area contributed by atoms with Crippen molar-refractivity contribution in [2.75, 3.05) is 0 Å². The highest BCUT2D eigenvalue weighted by Crippen LogP contribution is 2.24. The zero-order chi connectivity index (χ0) is 13.3. The smallest absolute Gasteiger partial charge is 0.120 e. The van der Waals surface area contributed by atoms with Gasteiger partial charge in [0.1, 0.15) is 5.76 Å². The van der Waals surface area contributed by atoms with Crippen LogP contribution in [0.1, 0.15) is 48.6 Å². The molecule has 1 unspecified atom stereocenters. The lowest BCUT2D eigenvalue weighted by molar-refractivity contribution is 0.402. The summed E-state index contributed by atoms with van der Waals surface area (Å²) in [5, 5.41) is 8.00. The molecule has 2 rings (SSSR count). The maximum absolute atomic E-state index is 5.41. The lowest BCUT2D eigenvalue weighted by Crippen LogP contribution is -2.23. The summed E-state index contributed by atoms with van der Waals surface area (Å²) in [6.45, 7) is 8.43. The van der Waals surface area contributed by atoms with Crippen molar-refractivity contribution in [1.29, 1.82) is 0 Å². The second-order valence-corrected chi connectivity index (χ2v) is 4.83. The highest BCUT2D eigenvalue weighted by atomic mass is 16.3.